The van der Waals surface area contributed by atoms with Crippen LogP contribution in [0.3, 0.4) is 0 Å². The van der Waals surface area contributed by atoms with Gasteiger partial charge >= 0.3 is 5.97 Å². The molecule has 4 aromatic rings. The molecule has 1 atom stereocenters. The molecule has 0 N–H and O–H groups in total. The maximum Gasteiger partial charge on any atom is 0.312 e. The first-order valence-corrected chi connectivity index (χ1v) is 11.5. The van der Waals surface area contributed by atoms with Crippen LogP contribution in [0.25, 0.3) is 17.0 Å². The molecule has 36 heavy (non-hydrogen) atoms. The maximum absolute atomic E-state index is 13.4. The normalized spacial score (nSPS) is 17.5. The number of aromatic nitrogens is 1. The number of ketones is 1. The molecule has 3 heterocycles. The van der Waals surface area contributed by atoms with E-state index in [1.54, 1.807) is 49.1 Å². The van der Waals surface area contributed by atoms with Crippen molar-refractivity contribution in [1.82, 2.24) is 4.57 Å². The highest BCUT2D eigenvalue weighted by Gasteiger charge is 2.39. The van der Waals surface area contributed by atoms with Crippen molar-refractivity contribution in [3.05, 3.63) is 105 Å². The molecule has 7 heteroatoms. The van der Waals surface area contributed by atoms with Gasteiger partial charge in [-0.1, -0.05) is 30.3 Å². The first kappa shape index (κ1) is 21.9. The molecule has 6 rings (SSSR count). The summed E-state index contributed by atoms with van der Waals surface area (Å²) in [6.45, 7) is 0. The highest BCUT2D eigenvalue weighted by Crippen LogP contribution is 2.48. The van der Waals surface area contributed by atoms with Crippen LogP contribution in [0.15, 0.2) is 77.3 Å². The predicted molar refractivity (Wildman–Crippen MR) is 134 cm³/mol. The minimum absolute atomic E-state index is 0.0356. The lowest BCUT2D eigenvalue weighted by Crippen LogP contribution is -2.29. The van der Waals surface area contributed by atoms with E-state index >= 15 is 0 Å². The van der Waals surface area contributed by atoms with Gasteiger partial charge in [-0.05, 0) is 53.4 Å². The number of pyridine rings is 1. The number of benzene rings is 3. The average Bonchev–Trinajstić information content (AvgIpc) is 3.21. The lowest BCUT2D eigenvalue weighted by Gasteiger charge is -2.26. The number of hydrogen-bond donors (Lipinski definition) is 0. The Morgan fingerprint density at radius 3 is 2.53 bits per heavy atom. The molecule has 0 saturated heterocycles. The molecule has 0 radical (unpaired) electrons. The number of esters is 1. The van der Waals surface area contributed by atoms with Crippen molar-refractivity contribution in [2.45, 2.75) is 12.3 Å². The van der Waals surface area contributed by atoms with E-state index in [2.05, 4.69) is 0 Å². The standard InChI is InChI=1S/C29H21NO6/c1-30-22-6-4-3-5-17(22)14-21(29(30)33)20-15-25(31)35-23-12-11-19-27(32)24(36-28(19)26(20)23)13-16-7-9-18(34-2)10-8-16/h3-14,20H,15H2,1-2H3/b24-13+/t20-/m0/s1. The quantitative estimate of drug-likeness (QED) is 0.243. The first-order chi connectivity index (χ1) is 17.4. The topological polar surface area (TPSA) is 83.8 Å². The average molecular weight is 479 g/mol. The Bertz CT molecular complexity index is 1660. The number of rotatable bonds is 3. The maximum atomic E-state index is 13.4. The number of carbonyl (C=O) groups excluding carboxylic acids is 2. The molecule has 0 aliphatic carbocycles. The van der Waals surface area contributed by atoms with Crippen LogP contribution in [-0.2, 0) is 11.8 Å². The van der Waals surface area contributed by atoms with E-state index in [1.165, 1.54) is 0 Å². The van der Waals surface area contributed by atoms with Gasteiger partial charge in [-0.25, -0.2) is 0 Å². The Balaban J connectivity index is 1.49. The zero-order valence-electron chi connectivity index (χ0n) is 19.6. The summed E-state index contributed by atoms with van der Waals surface area (Å²) < 4.78 is 18.4. The second-order valence-corrected chi connectivity index (χ2v) is 8.82. The largest absolute Gasteiger partial charge is 0.497 e. The Kier molecular flexibility index (Phi) is 5.00. The second kappa shape index (κ2) is 8.23. The smallest absolute Gasteiger partial charge is 0.312 e. The third-order valence-corrected chi connectivity index (χ3v) is 6.73. The minimum atomic E-state index is -0.618. The number of methoxy groups -OCH3 is 1. The van der Waals surface area contributed by atoms with Crippen molar-refractivity contribution in [2.24, 2.45) is 7.05 Å². The fourth-order valence-electron chi connectivity index (χ4n) is 4.92. The van der Waals surface area contributed by atoms with E-state index in [0.29, 0.717) is 33.9 Å². The SMILES string of the molecule is COc1ccc(/C=C2/Oc3c(ccc4c3[C@H](c3cc5ccccc5n(C)c3=O)CC(=O)O4)C2=O)cc1. The van der Waals surface area contributed by atoms with Crippen molar-refractivity contribution >= 4 is 28.7 Å². The molecular formula is C29H21NO6. The van der Waals surface area contributed by atoms with Gasteiger partial charge in [0.1, 0.15) is 17.2 Å². The molecule has 2 aliphatic rings. The van der Waals surface area contributed by atoms with Crippen LogP contribution in [0, 0.1) is 0 Å². The number of fused-ring (bicyclic) bond motifs is 4. The van der Waals surface area contributed by atoms with Crippen molar-refractivity contribution in [3.63, 3.8) is 0 Å². The van der Waals surface area contributed by atoms with Crippen LogP contribution in [-0.4, -0.2) is 23.4 Å². The van der Waals surface area contributed by atoms with Gasteiger partial charge in [0.15, 0.2) is 5.76 Å². The molecule has 0 spiro atoms. The molecule has 1 aromatic heterocycles. The molecule has 0 fully saturated rings. The van der Waals surface area contributed by atoms with E-state index in [9.17, 15) is 14.4 Å². The van der Waals surface area contributed by atoms with Crippen molar-refractivity contribution < 1.29 is 23.8 Å². The molecule has 0 unspecified atom stereocenters. The second-order valence-electron chi connectivity index (χ2n) is 8.82. The third-order valence-electron chi connectivity index (χ3n) is 6.73. The summed E-state index contributed by atoms with van der Waals surface area (Å²) in [6, 6.07) is 19.8. The number of hydrogen-bond acceptors (Lipinski definition) is 6. The summed E-state index contributed by atoms with van der Waals surface area (Å²) in [6.07, 6.45) is 1.62. The number of ether oxygens (including phenoxy) is 3. The van der Waals surface area contributed by atoms with E-state index in [-0.39, 0.29) is 23.5 Å². The molecule has 0 saturated carbocycles. The Hall–Kier alpha value is -4.65. The summed E-state index contributed by atoms with van der Waals surface area (Å²) in [5.41, 5.74) is 2.70. The van der Waals surface area contributed by atoms with Crippen LogP contribution in [0.1, 0.15) is 39.4 Å². The summed E-state index contributed by atoms with van der Waals surface area (Å²) in [4.78, 5) is 39.2. The Labute approximate surface area is 206 Å². The number of nitrogens with zero attached hydrogens (tertiary/aromatic N) is 1. The minimum Gasteiger partial charge on any atom is -0.497 e. The lowest BCUT2D eigenvalue weighted by atomic mass is 9.84. The van der Waals surface area contributed by atoms with Gasteiger partial charge in [0.05, 0.1) is 24.6 Å². The van der Waals surface area contributed by atoms with Gasteiger partial charge in [-0.2, -0.15) is 0 Å². The molecule has 178 valence electrons. The van der Waals surface area contributed by atoms with Crippen LogP contribution in [0.2, 0.25) is 0 Å². The lowest BCUT2D eigenvalue weighted by molar-refractivity contribution is -0.135. The van der Waals surface area contributed by atoms with Gasteiger partial charge in [-0.15, -0.1) is 0 Å². The highest BCUT2D eigenvalue weighted by molar-refractivity contribution is 6.15. The van der Waals surface area contributed by atoms with Gasteiger partial charge in [0, 0.05) is 24.1 Å². The van der Waals surface area contributed by atoms with Crippen LogP contribution >= 0.6 is 0 Å². The van der Waals surface area contributed by atoms with E-state index in [0.717, 1.165) is 16.5 Å². The van der Waals surface area contributed by atoms with Gasteiger partial charge in [0.2, 0.25) is 5.78 Å². The Morgan fingerprint density at radius 2 is 1.75 bits per heavy atom. The summed E-state index contributed by atoms with van der Waals surface area (Å²) in [5, 5.41) is 0.875. The Morgan fingerprint density at radius 1 is 0.972 bits per heavy atom. The van der Waals surface area contributed by atoms with E-state index in [1.807, 2.05) is 42.5 Å². The number of allylic oxidation sites excluding steroid dienone is 1. The highest BCUT2D eigenvalue weighted by atomic mass is 16.5. The molecule has 7 nitrogen and oxygen atoms in total. The monoisotopic (exact) mass is 479 g/mol. The number of carbonyl (C=O) groups is 2. The van der Waals surface area contributed by atoms with E-state index < -0.39 is 11.9 Å². The van der Waals surface area contributed by atoms with Crippen molar-refractivity contribution in [2.75, 3.05) is 7.11 Å². The molecule has 0 bridgehead atoms. The third kappa shape index (κ3) is 3.40. The van der Waals surface area contributed by atoms with Crippen LogP contribution in [0.5, 0.6) is 17.2 Å². The van der Waals surface area contributed by atoms with E-state index in [4.69, 9.17) is 14.2 Å². The molecule has 0 amide bonds. The number of Topliss-reactive ketones (excluding diaryl/α,β-unsaturated/α-hetero) is 1. The number of aryl methyl sites for hydroxylation is 1. The zero-order chi connectivity index (χ0) is 25.0. The van der Waals surface area contributed by atoms with Gasteiger partial charge < -0.3 is 18.8 Å². The van der Waals surface area contributed by atoms with Crippen molar-refractivity contribution in [1.29, 1.82) is 0 Å². The first-order valence-electron chi connectivity index (χ1n) is 11.5. The molecular weight excluding hydrogens is 458 g/mol. The summed E-state index contributed by atoms with van der Waals surface area (Å²) in [5.74, 6) is 0.147. The molecule has 2 aliphatic heterocycles. The molecule has 3 aromatic carbocycles. The van der Waals surface area contributed by atoms with Crippen LogP contribution < -0.4 is 19.8 Å². The van der Waals surface area contributed by atoms with Gasteiger partial charge in [0.25, 0.3) is 5.56 Å². The summed E-state index contributed by atoms with van der Waals surface area (Å²) >= 11 is 0. The predicted octanol–water partition coefficient (Wildman–Crippen LogP) is 4.60. The number of para-hydroxylation sites is 1. The van der Waals surface area contributed by atoms with Crippen molar-refractivity contribution in [3.8, 4) is 17.2 Å². The summed E-state index contributed by atoms with van der Waals surface area (Å²) in [7, 11) is 3.30. The van der Waals surface area contributed by atoms with Crippen LogP contribution in [0.4, 0.5) is 0 Å². The fraction of sp³-hybridized carbons (Fsp3) is 0.138. The fourth-order valence-corrected chi connectivity index (χ4v) is 4.92. The zero-order valence-corrected chi connectivity index (χ0v) is 19.6. The van der Waals surface area contributed by atoms with Gasteiger partial charge in [-0.3, -0.25) is 14.4 Å².